The van der Waals surface area contributed by atoms with Gasteiger partial charge in [-0.15, -0.1) is 0 Å². The van der Waals surface area contributed by atoms with Crippen molar-refractivity contribution < 1.29 is 9.13 Å². The first-order chi connectivity index (χ1) is 9.69. The van der Waals surface area contributed by atoms with Crippen molar-refractivity contribution >= 4 is 15.9 Å². The van der Waals surface area contributed by atoms with Gasteiger partial charge in [0.05, 0.1) is 6.20 Å². The number of aromatic nitrogens is 1. The second kappa shape index (κ2) is 7.36. The third-order valence-corrected chi connectivity index (χ3v) is 3.14. The summed E-state index contributed by atoms with van der Waals surface area (Å²) in [6.45, 7) is 3.79. The molecule has 0 aliphatic carbocycles. The summed E-state index contributed by atoms with van der Waals surface area (Å²) in [4.78, 5) is 4.11. The van der Waals surface area contributed by atoms with E-state index in [9.17, 15) is 4.39 Å². The molecule has 0 fully saturated rings. The molecule has 2 aromatic rings. The Morgan fingerprint density at radius 3 is 2.90 bits per heavy atom. The Labute approximate surface area is 126 Å². The Morgan fingerprint density at radius 1 is 1.30 bits per heavy atom. The molecular weight excluding hydrogens is 323 g/mol. The van der Waals surface area contributed by atoms with E-state index in [-0.39, 0.29) is 5.75 Å². The molecule has 0 atom stereocenters. The molecule has 1 heterocycles. The van der Waals surface area contributed by atoms with Gasteiger partial charge in [0.25, 0.3) is 0 Å². The molecule has 0 radical (unpaired) electrons. The van der Waals surface area contributed by atoms with Crippen LogP contribution in [0.5, 0.6) is 11.5 Å². The van der Waals surface area contributed by atoms with Gasteiger partial charge in [0.2, 0.25) is 0 Å². The van der Waals surface area contributed by atoms with E-state index in [0.717, 1.165) is 25.1 Å². The van der Waals surface area contributed by atoms with Crippen LogP contribution in [0.1, 0.15) is 18.9 Å². The Bertz CT molecular complexity index is 578. The molecule has 0 saturated heterocycles. The highest BCUT2D eigenvalue weighted by Crippen LogP contribution is 2.26. The molecule has 20 heavy (non-hydrogen) atoms. The van der Waals surface area contributed by atoms with E-state index in [1.54, 1.807) is 24.5 Å². The van der Waals surface area contributed by atoms with Crippen molar-refractivity contribution in [2.75, 3.05) is 6.54 Å². The van der Waals surface area contributed by atoms with Crippen LogP contribution in [0.15, 0.2) is 41.1 Å². The summed E-state index contributed by atoms with van der Waals surface area (Å²) in [5, 5.41) is 3.29. The lowest BCUT2D eigenvalue weighted by Gasteiger charge is -2.08. The third-order valence-electron chi connectivity index (χ3n) is 2.65. The Kier molecular flexibility index (Phi) is 5.49. The molecule has 1 aromatic heterocycles. The fourth-order valence-corrected chi connectivity index (χ4v) is 2.04. The number of hydrogen-bond acceptors (Lipinski definition) is 3. The first-order valence-electron chi connectivity index (χ1n) is 6.46. The molecule has 0 amide bonds. The first kappa shape index (κ1) is 14.9. The number of nitrogens with zero attached hydrogens (tertiary/aromatic N) is 1. The van der Waals surface area contributed by atoms with Crippen LogP contribution in [-0.2, 0) is 6.54 Å². The lowest BCUT2D eigenvalue weighted by Crippen LogP contribution is -2.13. The van der Waals surface area contributed by atoms with Gasteiger partial charge < -0.3 is 10.1 Å². The van der Waals surface area contributed by atoms with Gasteiger partial charge in [-0.25, -0.2) is 4.39 Å². The molecule has 0 spiro atoms. The van der Waals surface area contributed by atoms with Crippen molar-refractivity contribution in [3.8, 4) is 11.5 Å². The average molecular weight is 339 g/mol. The van der Waals surface area contributed by atoms with Crippen LogP contribution in [-0.4, -0.2) is 11.5 Å². The molecule has 0 aliphatic rings. The minimum atomic E-state index is -0.408. The summed E-state index contributed by atoms with van der Waals surface area (Å²) in [5.41, 5.74) is 1.01. The fraction of sp³-hybridized carbons (Fsp3) is 0.267. The van der Waals surface area contributed by atoms with Gasteiger partial charge in [0.1, 0.15) is 5.75 Å². The highest BCUT2D eigenvalue weighted by Gasteiger charge is 2.06. The molecule has 1 aromatic carbocycles. The van der Waals surface area contributed by atoms with E-state index >= 15 is 0 Å². The van der Waals surface area contributed by atoms with Crippen LogP contribution in [0.2, 0.25) is 0 Å². The molecule has 106 valence electrons. The summed E-state index contributed by atoms with van der Waals surface area (Å²) in [6, 6.07) is 6.55. The molecule has 5 heteroatoms. The van der Waals surface area contributed by atoms with E-state index in [1.807, 2.05) is 6.07 Å². The van der Waals surface area contributed by atoms with Crippen molar-refractivity contribution in [3.63, 3.8) is 0 Å². The van der Waals surface area contributed by atoms with Crippen molar-refractivity contribution in [2.45, 2.75) is 19.9 Å². The lowest BCUT2D eigenvalue weighted by atomic mass is 10.2. The van der Waals surface area contributed by atoms with Crippen LogP contribution in [0.3, 0.4) is 0 Å². The van der Waals surface area contributed by atoms with Crippen LogP contribution in [0, 0.1) is 5.82 Å². The maximum absolute atomic E-state index is 13.7. The van der Waals surface area contributed by atoms with Gasteiger partial charge in [-0.3, -0.25) is 4.98 Å². The summed E-state index contributed by atoms with van der Waals surface area (Å²) in [7, 11) is 0. The quantitative estimate of drug-likeness (QED) is 0.798. The molecule has 0 unspecified atom stereocenters. The van der Waals surface area contributed by atoms with Gasteiger partial charge in [-0.05, 0) is 42.8 Å². The molecule has 2 rings (SSSR count). The van der Waals surface area contributed by atoms with Crippen LogP contribution in [0.25, 0.3) is 0 Å². The van der Waals surface area contributed by atoms with E-state index in [0.29, 0.717) is 10.2 Å². The SMILES string of the molecule is CCCNCc1cncc(Oc2ccc(Br)cc2F)c1. The Balaban J connectivity index is 2.07. The highest BCUT2D eigenvalue weighted by atomic mass is 79.9. The van der Waals surface area contributed by atoms with Crippen molar-refractivity contribution in [2.24, 2.45) is 0 Å². The zero-order valence-electron chi connectivity index (χ0n) is 11.2. The van der Waals surface area contributed by atoms with Crippen molar-refractivity contribution in [1.29, 1.82) is 0 Å². The Hall–Kier alpha value is -1.46. The molecule has 0 bridgehead atoms. The first-order valence-corrected chi connectivity index (χ1v) is 7.26. The number of benzene rings is 1. The average Bonchev–Trinajstić information content (AvgIpc) is 2.43. The minimum Gasteiger partial charge on any atom is -0.453 e. The number of halogens is 2. The highest BCUT2D eigenvalue weighted by molar-refractivity contribution is 9.10. The number of hydrogen-bond donors (Lipinski definition) is 1. The van der Waals surface area contributed by atoms with E-state index in [1.165, 1.54) is 6.07 Å². The van der Waals surface area contributed by atoms with Gasteiger partial charge in [-0.1, -0.05) is 22.9 Å². The number of pyridine rings is 1. The second-order valence-corrected chi connectivity index (χ2v) is 5.30. The number of nitrogens with one attached hydrogen (secondary N) is 1. The molecular formula is C15H16BrFN2O. The van der Waals surface area contributed by atoms with Gasteiger partial charge >= 0.3 is 0 Å². The lowest BCUT2D eigenvalue weighted by molar-refractivity contribution is 0.439. The summed E-state index contributed by atoms with van der Waals surface area (Å²) < 4.78 is 19.9. The molecule has 3 nitrogen and oxygen atoms in total. The van der Waals surface area contributed by atoms with Crippen LogP contribution in [0.4, 0.5) is 4.39 Å². The normalized spacial score (nSPS) is 10.6. The van der Waals surface area contributed by atoms with E-state index in [4.69, 9.17) is 4.74 Å². The number of rotatable bonds is 6. The maximum Gasteiger partial charge on any atom is 0.166 e. The van der Waals surface area contributed by atoms with Crippen molar-refractivity contribution in [3.05, 3.63) is 52.5 Å². The second-order valence-electron chi connectivity index (χ2n) is 4.38. The molecule has 0 saturated carbocycles. The zero-order valence-corrected chi connectivity index (χ0v) is 12.8. The number of ether oxygens (including phenoxy) is 1. The monoisotopic (exact) mass is 338 g/mol. The standard InChI is InChI=1S/C15H16BrFN2O/c1-2-5-18-8-11-6-13(10-19-9-11)20-15-4-3-12(16)7-14(15)17/h3-4,6-7,9-10,18H,2,5,8H2,1H3. The summed E-state index contributed by atoms with van der Waals surface area (Å²) in [6.07, 6.45) is 4.42. The molecule has 0 aliphatic heterocycles. The van der Waals surface area contributed by atoms with Crippen LogP contribution >= 0.6 is 15.9 Å². The van der Waals surface area contributed by atoms with Crippen LogP contribution < -0.4 is 10.1 Å². The smallest absolute Gasteiger partial charge is 0.166 e. The minimum absolute atomic E-state index is 0.189. The zero-order chi connectivity index (χ0) is 14.4. The van der Waals surface area contributed by atoms with Gasteiger partial charge in [0.15, 0.2) is 11.6 Å². The predicted molar refractivity (Wildman–Crippen MR) is 80.4 cm³/mol. The van der Waals surface area contributed by atoms with E-state index in [2.05, 4.69) is 33.2 Å². The third kappa shape index (κ3) is 4.28. The summed E-state index contributed by atoms with van der Waals surface area (Å²) in [5.74, 6) is 0.310. The van der Waals surface area contributed by atoms with E-state index < -0.39 is 5.82 Å². The Morgan fingerprint density at radius 2 is 2.15 bits per heavy atom. The maximum atomic E-state index is 13.7. The van der Waals surface area contributed by atoms with Crippen molar-refractivity contribution in [1.82, 2.24) is 10.3 Å². The summed E-state index contributed by atoms with van der Waals surface area (Å²) >= 11 is 3.21. The van der Waals surface area contributed by atoms with Gasteiger partial charge in [-0.2, -0.15) is 0 Å². The largest absolute Gasteiger partial charge is 0.453 e. The molecule has 1 N–H and O–H groups in total. The topological polar surface area (TPSA) is 34.2 Å². The fourth-order valence-electron chi connectivity index (χ4n) is 1.71. The predicted octanol–water partition coefficient (Wildman–Crippen LogP) is 4.28. The van der Waals surface area contributed by atoms with Gasteiger partial charge in [0, 0.05) is 17.2 Å².